The van der Waals surface area contributed by atoms with Crippen LogP contribution < -0.4 is 0 Å². The van der Waals surface area contributed by atoms with Crippen molar-refractivity contribution in [2.24, 2.45) is 41.5 Å². The normalized spacial score (nSPS) is 42.0. The fraction of sp³-hybridized carbons (Fsp3) is 0.654. The van der Waals surface area contributed by atoms with Gasteiger partial charge in [-0.15, -0.1) is 0 Å². The van der Waals surface area contributed by atoms with Crippen LogP contribution in [0, 0.1) is 34.5 Å². The zero-order valence-corrected chi connectivity index (χ0v) is 17.6. The van der Waals surface area contributed by atoms with Crippen LogP contribution in [0.2, 0.25) is 0 Å². The van der Waals surface area contributed by atoms with Gasteiger partial charge in [-0.1, -0.05) is 32.0 Å². The van der Waals surface area contributed by atoms with Crippen LogP contribution in [0.15, 0.2) is 24.3 Å². The monoisotopic (exact) mass is 375 g/mol. The van der Waals surface area contributed by atoms with E-state index in [4.69, 9.17) is 0 Å². The zero-order chi connectivity index (χ0) is 19.3. The molecule has 0 unspecified atom stereocenters. The van der Waals surface area contributed by atoms with E-state index in [2.05, 4.69) is 49.7 Å². The smallest absolute Gasteiger partial charge is 0.139 e. The highest BCUT2D eigenvalue weighted by atomic mass is 16.1. The van der Waals surface area contributed by atoms with Gasteiger partial charge >= 0.3 is 0 Å². The molecule has 1 heterocycles. The Balaban J connectivity index is 1.43. The summed E-state index contributed by atoms with van der Waals surface area (Å²) in [4.78, 5) is 12.7. The molecule has 3 saturated carbocycles. The Morgan fingerprint density at radius 3 is 2.71 bits per heavy atom. The SMILES string of the molecule is Cn1c2c(c3ccccc31)C[C@@]1(C)[C@@H](CC[C@H]3[C@H]1CC[C@]1(C)C(=O)CC[C@@H]31)C2. The number of rotatable bonds is 0. The summed E-state index contributed by atoms with van der Waals surface area (Å²) in [6, 6.07) is 9.01. The van der Waals surface area contributed by atoms with Crippen molar-refractivity contribution in [3.05, 3.63) is 35.5 Å². The summed E-state index contributed by atoms with van der Waals surface area (Å²) in [7, 11) is 2.27. The third kappa shape index (κ3) is 1.97. The Bertz CT molecular complexity index is 986. The number of carbonyl (C=O) groups excluding carboxylic acids is 1. The number of Topliss-reactive ketones (excluding diaryl/α,β-unsaturated/α-hetero) is 1. The largest absolute Gasteiger partial charge is 0.347 e. The lowest BCUT2D eigenvalue weighted by Crippen LogP contribution is -2.54. The lowest BCUT2D eigenvalue weighted by molar-refractivity contribution is -0.136. The molecule has 0 saturated heterocycles. The molecule has 0 amide bonds. The van der Waals surface area contributed by atoms with E-state index in [0.717, 1.165) is 37.0 Å². The zero-order valence-electron chi connectivity index (χ0n) is 17.6. The summed E-state index contributed by atoms with van der Waals surface area (Å²) >= 11 is 0. The standard InChI is InChI=1S/C26H33NO/c1-25-13-12-21-18(20(25)10-11-24(25)28)9-8-16-14-23-19(15-26(16,21)2)17-6-4-5-7-22(17)27(23)3/h4-7,16,18,20-21H,8-15H2,1-3H3/t16-,18+,20-,21+,25-,26-/m0/s1. The maximum absolute atomic E-state index is 12.7. The number of aromatic nitrogens is 1. The maximum Gasteiger partial charge on any atom is 0.139 e. The van der Waals surface area contributed by atoms with Crippen LogP contribution in [0.25, 0.3) is 10.9 Å². The molecule has 2 nitrogen and oxygen atoms in total. The number of hydrogen-bond acceptors (Lipinski definition) is 1. The highest BCUT2D eigenvalue weighted by molar-refractivity contribution is 5.87. The van der Waals surface area contributed by atoms with E-state index in [1.807, 2.05) is 0 Å². The van der Waals surface area contributed by atoms with Gasteiger partial charge in [0.25, 0.3) is 0 Å². The highest BCUT2D eigenvalue weighted by Crippen LogP contribution is 2.65. The van der Waals surface area contributed by atoms with E-state index in [1.54, 1.807) is 11.3 Å². The van der Waals surface area contributed by atoms with Crippen LogP contribution in [0.3, 0.4) is 0 Å². The van der Waals surface area contributed by atoms with Gasteiger partial charge in [0.1, 0.15) is 5.78 Å². The van der Waals surface area contributed by atoms with Gasteiger partial charge in [-0.3, -0.25) is 4.79 Å². The Morgan fingerprint density at radius 2 is 1.86 bits per heavy atom. The van der Waals surface area contributed by atoms with Gasteiger partial charge in [-0.2, -0.15) is 0 Å². The average molecular weight is 376 g/mol. The van der Waals surface area contributed by atoms with Crippen LogP contribution in [-0.4, -0.2) is 10.4 Å². The van der Waals surface area contributed by atoms with Crippen molar-refractivity contribution in [2.75, 3.05) is 0 Å². The van der Waals surface area contributed by atoms with Crippen LogP contribution in [0.4, 0.5) is 0 Å². The first kappa shape index (κ1) is 17.3. The van der Waals surface area contributed by atoms with Gasteiger partial charge in [-0.25, -0.2) is 0 Å². The summed E-state index contributed by atoms with van der Waals surface area (Å²) in [5.41, 5.74) is 5.05. The molecule has 2 aromatic rings. The number of hydrogen-bond donors (Lipinski definition) is 0. The molecule has 3 fully saturated rings. The molecule has 4 aliphatic rings. The molecule has 2 heteroatoms. The van der Waals surface area contributed by atoms with Gasteiger partial charge in [0.15, 0.2) is 0 Å². The molecule has 1 aromatic heterocycles. The van der Waals surface area contributed by atoms with Crippen LogP contribution >= 0.6 is 0 Å². The molecular formula is C26H33NO. The molecule has 6 rings (SSSR count). The number of fused-ring (bicyclic) bond motifs is 8. The van der Waals surface area contributed by atoms with E-state index < -0.39 is 0 Å². The number of carbonyl (C=O) groups is 1. The number of para-hydroxylation sites is 1. The molecule has 0 bridgehead atoms. The molecule has 0 aliphatic heterocycles. The van der Waals surface area contributed by atoms with E-state index in [9.17, 15) is 4.79 Å². The number of aryl methyl sites for hydroxylation is 1. The minimum Gasteiger partial charge on any atom is -0.347 e. The van der Waals surface area contributed by atoms with Crippen LogP contribution in [0.1, 0.15) is 63.6 Å². The fourth-order valence-electron chi connectivity index (χ4n) is 8.51. The lowest BCUT2D eigenvalue weighted by atomic mass is 9.45. The maximum atomic E-state index is 12.7. The molecule has 0 radical (unpaired) electrons. The van der Waals surface area contributed by atoms with Gasteiger partial charge in [0.2, 0.25) is 0 Å². The molecule has 1 aromatic carbocycles. The fourth-order valence-corrected chi connectivity index (χ4v) is 8.51. The number of ketones is 1. The van der Waals surface area contributed by atoms with Crippen molar-refractivity contribution in [1.29, 1.82) is 0 Å². The molecule has 4 aliphatic carbocycles. The Labute approximate surface area is 168 Å². The minimum absolute atomic E-state index is 0.00361. The molecule has 0 spiro atoms. The van der Waals surface area contributed by atoms with E-state index in [0.29, 0.717) is 17.1 Å². The van der Waals surface area contributed by atoms with Crippen molar-refractivity contribution < 1.29 is 4.79 Å². The summed E-state index contributed by atoms with van der Waals surface area (Å²) in [6.45, 7) is 4.93. The van der Waals surface area contributed by atoms with Crippen molar-refractivity contribution in [3.8, 4) is 0 Å². The van der Waals surface area contributed by atoms with Gasteiger partial charge in [0, 0.05) is 35.5 Å². The van der Waals surface area contributed by atoms with Gasteiger partial charge < -0.3 is 4.57 Å². The second-order valence-corrected chi connectivity index (χ2v) is 11.0. The number of nitrogens with zero attached hydrogens (tertiary/aromatic N) is 1. The summed E-state index contributed by atoms with van der Waals surface area (Å²) in [6.07, 6.45) is 9.64. The topological polar surface area (TPSA) is 22.0 Å². The lowest BCUT2D eigenvalue weighted by Gasteiger charge is -2.59. The Hall–Kier alpha value is -1.57. The van der Waals surface area contributed by atoms with Crippen molar-refractivity contribution in [2.45, 2.75) is 65.2 Å². The first-order valence-corrected chi connectivity index (χ1v) is 11.5. The molecule has 148 valence electrons. The van der Waals surface area contributed by atoms with Crippen molar-refractivity contribution in [1.82, 2.24) is 4.57 Å². The van der Waals surface area contributed by atoms with Gasteiger partial charge in [-0.05, 0) is 85.7 Å². The first-order chi connectivity index (χ1) is 13.4. The van der Waals surface area contributed by atoms with Crippen LogP contribution in [0.5, 0.6) is 0 Å². The number of benzene rings is 1. The third-order valence-corrected chi connectivity index (χ3v) is 10.1. The second kappa shape index (κ2) is 5.52. The van der Waals surface area contributed by atoms with E-state index >= 15 is 0 Å². The quantitative estimate of drug-likeness (QED) is 0.578. The van der Waals surface area contributed by atoms with E-state index in [1.165, 1.54) is 43.0 Å². The minimum atomic E-state index is 0.00361. The predicted molar refractivity (Wildman–Crippen MR) is 113 cm³/mol. The molecule has 0 N–H and O–H groups in total. The Kier molecular flexibility index (Phi) is 3.41. The third-order valence-electron chi connectivity index (χ3n) is 10.1. The van der Waals surface area contributed by atoms with E-state index in [-0.39, 0.29) is 5.41 Å². The molecular weight excluding hydrogens is 342 g/mol. The highest BCUT2D eigenvalue weighted by Gasteiger charge is 2.60. The van der Waals surface area contributed by atoms with Crippen molar-refractivity contribution >= 4 is 16.7 Å². The molecule has 28 heavy (non-hydrogen) atoms. The Morgan fingerprint density at radius 1 is 1.04 bits per heavy atom. The average Bonchev–Trinajstić information content (AvgIpc) is 3.14. The van der Waals surface area contributed by atoms with Crippen molar-refractivity contribution in [3.63, 3.8) is 0 Å². The summed E-state index contributed by atoms with van der Waals surface area (Å²) in [5.74, 6) is 3.63. The summed E-state index contributed by atoms with van der Waals surface area (Å²) in [5, 5.41) is 1.48. The van der Waals surface area contributed by atoms with Crippen LogP contribution in [-0.2, 0) is 24.7 Å². The second-order valence-electron chi connectivity index (χ2n) is 11.0. The summed E-state index contributed by atoms with van der Waals surface area (Å²) < 4.78 is 2.48. The first-order valence-electron chi connectivity index (χ1n) is 11.5. The predicted octanol–water partition coefficient (Wildman–Crippen LogP) is 5.70. The molecule has 6 atom stereocenters. The van der Waals surface area contributed by atoms with Gasteiger partial charge in [0.05, 0.1) is 0 Å².